The smallest absolute Gasteiger partial charge is 0.308 e. The Morgan fingerprint density at radius 1 is 1.38 bits per heavy atom. The van der Waals surface area contributed by atoms with Crippen LogP contribution in [-0.2, 0) is 14.8 Å². The highest BCUT2D eigenvalue weighted by Crippen LogP contribution is 2.33. The van der Waals surface area contributed by atoms with Crippen LogP contribution in [0.15, 0.2) is 23.1 Å². The molecule has 6 nitrogen and oxygen atoms in total. The summed E-state index contributed by atoms with van der Waals surface area (Å²) >= 11 is 0. The van der Waals surface area contributed by atoms with E-state index in [-0.39, 0.29) is 29.7 Å². The molecule has 1 heterocycles. The molecule has 1 fully saturated rings. The maximum absolute atomic E-state index is 12.7. The third-order valence-electron chi connectivity index (χ3n) is 3.83. The molecule has 1 aromatic carbocycles. The lowest BCUT2D eigenvalue weighted by atomic mass is 9.99. The van der Waals surface area contributed by atoms with Gasteiger partial charge in [0.2, 0.25) is 10.0 Å². The van der Waals surface area contributed by atoms with Crippen LogP contribution in [0.1, 0.15) is 12.5 Å². The Hall–Kier alpha value is -1.60. The molecule has 2 rings (SSSR count). The van der Waals surface area contributed by atoms with Crippen molar-refractivity contribution >= 4 is 16.0 Å². The van der Waals surface area contributed by atoms with Gasteiger partial charge in [-0.15, -0.1) is 0 Å². The number of nitrogens with zero attached hydrogens (tertiary/aromatic N) is 1. The minimum Gasteiger partial charge on any atom is -0.495 e. The number of carboxylic acid groups (broad SMARTS) is 1. The SMILES string of the molecule is COc1ccc(C)cc1S(=O)(=O)N1C[C@@H](C)[C@H](C(=O)O)C1. The number of sulfonamides is 1. The molecule has 1 aromatic rings. The Morgan fingerprint density at radius 2 is 2.05 bits per heavy atom. The largest absolute Gasteiger partial charge is 0.495 e. The van der Waals surface area contributed by atoms with Gasteiger partial charge in [-0.25, -0.2) is 8.42 Å². The summed E-state index contributed by atoms with van der Waals surface area (Å²) in [5, 5.41) is 9.14. The quantitative estimate of drug-likeness (QED) is 0.907. The minimum absolute atomic E-state index is 0.00404. The standard InChI is InChI=1S/C14H19NO5S/c1-9-4-5-12(20-3)13(6-9)21(18,19)15-7-10(2)11(8-15)14(16)17/h4-6,10-11H,7-8H2,1-3H3,(H,16,17)/t10-,11-/m1/s1. The summed E-state index contributed by atoms with van der Waals surface area (Å²) < 4.78 is 31.8. The van der Waals surface area contributed by atoms with Gasteiger partial charge in [0.1, 0.15) is 10.6 Å². The zero-order valence-corrected chi connectivity index (χ0v) is 13.1. The molecule has 1 aliphatic rings. The highest BCUT2D eigenvalue weighted by Gasteiger charge is 2.41. The number of carbonyl (C=O) groups is 1. The summed E-state index contributed by atoms with van der Waals surface area (Å²) in [6.07, 6.45) is 0. The summed E-state index contributed by atoms with van der Waals surface area (Å²) in [6.45, 7) is 3.75. The van der Waals surface area contributed by atoms with E-state index >= 15 is 0 Å². The van der Waals surface area contributed by atoms with Crippen LogP contribution in [0.25, 0.3) is 0 Å². The van der Waals surface area contributed by atoms with Crippen LogP contribution in [-0.4, -0.2) is 44.0 Å². The summed E-state index contributed by atoms with van der Waals surface area (Å²) in [5.41, 5.74) is 0.802. The minimum atomic E-state index is -3.76. The van der Waals surface area contributed by atoms with Crippen LogP contribution in [0.5, 0.6) is 5.75 Å². The van der Waals surface area contributed by atoms with Crippen molar-refractivity contribution in [2.24, 2.45) is 11.8 Å². The van der Waals surface area contributed by atoms with Gasteiger partial charge in [-0.2, -0.15) is 4.31 Å². The van der Waals surface area contributed by atoms with Gasteiger partial charge >= 0.3 is 5.97 Å². The van der Waals surface area contributed by atoms with E-state index in [1.807, 2.05) is 0 Å². The van der Waals surface area contributed by atoms with Crippen molar-refractivity contribution in [2.75, 3.05) is 20.2 Å². The monoisotopic (exact) mass is 313 g/mol. The lowest BCUT2D eigenvalue weighted by Crippen LogP contribution is -2.30. The Bertz CT molecular complexity index is 655. The van der Waals surface area contributed by atoms with Gasteiger partial charge in [-0.05, 0) is 30.5 Å². The number of ether oxygens (including phenoxy) is 1. The fourth-order valence-corrected chi connectivity index (χ4v) is 4.37. The predicted molar refractivity (Wildman–Crippen MR) is 76.8 cm³/mol. The fourth-order valence-electron chi connectivity index (χ4n) is 2.56. The number of carboxylic acids is 1. The Morgan fingerprint density at radius 3 is 2.57 bits per heavy atom. The van der Waals surface area contributed by atoms with Gasteiger partial charge < -0.3 is 9.84 Å². The average Bonchev–Trinajstić information content (AvgIpc) is 2.81. The molecule has 0 spiro atoms. The first-order valence-electron chi connectivity index (χ1n) is 6.65. The van der Waals surface area contributed by atoms with E-state index in [4.69, 9.17) is 9.84 Å². The lowest BCUT2D eigenvalue weighted by molar-refractivity contribution is -0.142. The molecule has 0 saturated carbocycles. The third kappa shape index (κ3) is 2.89. The molecule has 0 aliphatic carbocycles. The highest BCUT2D eigenvalue weighted by atomic mass is 32.2. The van der Waals surface area contributed by atoms with Gasteiger partial charge in [0.15, 0.2) is 0 Å². The summed E-state index contributed by atoms with van der Waals surface area (Å²) in [7, 11) is -2.35. The van der Waals surface area contributed by atoms with Crippen molar-refractivity contribution in [2.45, 2.75) is 18.7 Å². The van der Waals surface area contributed by atoms with Crippen LogP contribution in [0.2, 0.25) is 0 Å². The van der Waals surface area contributed by atoms with Crippen LogP contribution >= 0.6 is 0 Å². The van der Waals surface area contributed by atoms with E-state index in [2.05, 4.69) is 0 Å². The van der Waals surface area contributed by atoms with Crippen molar-refractivity contribution in [1.29, 1.82) is 0 Å². The van der Waals surface area contributed by atoms with Crippen LogP contribution in [0.3, 0.4) is 0 Å². The van der Waals surface area contributed by atoms with Crippen molar-refractivity contribution in [3.63, 3.8) is 0 Å². The molecule has 116 valence electrons. The van der Waals surface area contributed by atoms with Gasteiger partial charge in [-0.3, -0.25) is 4.79 Å². The van der Waals surface area contributed by atoms with E-state index in [9.17, 15) is 13.2 Å². The maximum atomic E-state index is 12.7. The number of methoxy groups -OCH3 is 1. The molecule has 0 bridgehead atoms. The van der Waals surface area contributed by atoms with Gasteiger partial charge in [0.25, 0.3) is 0 Å². The van der Waals surface area contributed by atoms with Crippen molar-refractivity contribution in [1.82, 2.24) is 4.31 Å². The fraction of sp³-hybridized carbons (Fsp3) is 0.500. The molecule has 2 atom stereocenters. The van der Waals surface area contributed by atoms with E-state index in [1.54, 1.807) is 32.0 Å². The first-order chi connectivity index (χ1) is 9.77. The van der Waals surface area contributed by atoms with E-state index in [0.29, 0.717) is 0 Å². The average molecular weight is 313 g/mol. The Labute approximate surface area is 124 Å². The van der Waals surface area contributed by atoms with Crippen molar-refractivity contribution in [3.8, 4) is 5.75 Å². The topological polar surface area (TPSA) is 83.9 Å². The molecule has 1 N–H and O–H groups in total. The second-order valence-electron chi connectivity index (χ2n) is 5.40. The highest BCUT2D eigenvalue weighted by molar-refractivity contribution is 7.89. The van der Waals surface area contributed by atoms with Gasteiger partial charge in [-0.1, -0.05) is 13.0 Å². The molecule has 0 amide bonds. The third-order valence-corrected chi connectivity index (χ3v) is 5.69. The van der Waals surface area contributed by atoms with E-state index < -0.39 is 21.9 Å². The number of hydrogen-bond donors (Lipinski definition) is 1. The Balaban J connectivity index is 2.40. The van der Waals surface area contributed by atoms with Gasteiger partial charge in [0, 0.05) is 13.1 Å². The zero-order chi connectivity index (χ0) is 15.8. The second kappa shape index (κ2) is 5.65. The van der Waals surface area contributed by atoms with Crippen molar-refractivity contribution in [3.05, 3.63) is 23.8 Å². The normalized spacial score (nSPS) is 23.2. The molecule has 0 radical (unpaired) electrons. The van der Waals surface area contributed by atoms with Crippen molar-refractivity contribution < 1.29 is 23.1 Å². The predicted octanol–water partition coefficient (Wildman–Crippen LogP) is 1.34. The molecular formula is C14H19NO5S. The molecule has 1 saturated heterocycles. The number of benzene rings is 1. The number of rotatable bonds is 4. The molecule has 7 heteroatoms. The molecular weight excluding hydrogens is 294 g/mol. The maximum Gasteiger partial charge on any atom is 0.308 e. The Kier molecular flexibility index (Phi) is 4.25. The lowest BCUT2D eigenvalue weighted by Gasteiger charge is -2.18. The number of aryl methyl sites for hydroxylation is 1. The molecule has 0 unspecified atom stereocenters. The number of hydrogen-bond acceptors (Lipinski definition) is 4. The van der Waals surface area contributed by atoms with E-state index in [0.717, 1.165) is 5.56 Å². The second-order valence-corrected chi connectivity index (χ2v) is 7.30. The van der Waals surface area contributed by atoms with Crippen LogP contribution in [0.4, 0.5) is 0 Å². The van der Waals surface area contributed by atoms with Crippen LogP contribution in [0, 0.1) is 18.8 Å². The molecule has 1 aliphatic heterocycles. The number of aliphatic carboxylic acids is 1. The summed E-state index contributed by atoms with van der Waals surface area (Å²) in [4.78, 5) is 11.2. The first-order valence-corrected chi connectivity index (χ1v) is 8.09. The summed E-state index contributed by atoms with van der Waals surface area (Å²) in [5.74, 6) is -1.58. The first kappa shape index (κ1) is 15.8. The molecule has 21 heavy (non-hydrogen) atoms. The van der Waals surface area contributed by atoms with Gasteiger partial charge in [0.05, 0.1) is 13.0 Å². The zero-order valence-electron chi connectivity index (χ0n) is 12.2. The summed E-state index contributed by atoms with van der Waals surface area (Å²) in [6, 6.07) is 4.92. The van der Waals surface area contributed by atoms with E-state index in [1.165, 1.54) is 11.4 Å². The molecule has 0 aromatic heterocycles. The van der Waals surface area contributed by atoms with Crippen LogP contribution < -0.4 is 4.74 Å².